The van der Waals surface area contributed by atoms with Crippen molar-refractivity contribution in [1.29, 1.82) is 0 Å². The first-order chi connectivity index (χ1) is 13.3. The highest BCUT2D eigenvalue weighted by Gasteiger charge is 2.29. The molecule has 7 nitrogen and oxygen atoms in total. The molecule has 0 unspecified atom stereocenters. The van der Waals surface area contributed by atoms with Crippen LogP contribution >= 0.6 is 0 Å². The number of methoxy groups -OCH3 is 3. The van der Waals surface area contributed by atoms with Crippen molar-refractivity contribution in [3.8, 4) is 23.1 Å². The lowest BCUT2D eigenvalue weighted by Gasteiger charge is -2.15. The Morgan fingerprint density at radius 2 is 1.75 bits per heavy atom. The molecule has 0 spiro atoms. The molecule has 1 amide bonds. The zero-order valence-electron chi connectivity index (χ0n) is 15.4. The maximum Gasteiger partial charge on any atom is 0.422 e. The molecule has 0 bridgehead atoms. The Balaban J connectivity index is 2.15. The average Bonchev–Trinajstić information content (AvgIpc) is 2.69. The number of aromatic nitrogens is 1. The van der Waals surface area contributed by atoms with Gasteiger partial charge in [0.1, 0.15) is 0 Å². The Kier molecular flexibility index (Phi) is 6.91. The number of alkyl halides is 3. The van der Waals surface area contributed by atoms with Crippen molar-refractivity contribution < 1.29 is 36.9 Å². The van der Waals surface area contributed by atoms with E-state index in [4.69, 9.17) is 18.9 Å². The van der Waals surface area contributed by atoms with Crippen LogP contribution in [0.1, 0.15) is 15.9 Å². The van der Waals surface area contributed by atoms with Gasteiger partial charge in [-0.15, -0.1) is 0 Å². The van der Waals surface area contributed by atoms with Gasteiger partial charge in [0.25, 0.3) is 5.91 Å². The lowest BCUT2D eigenvalue weighted by molar-refractivity contribution is -0.154. The maximum atomic E-state index is 12.5. The number of ether oxygens (including phenoxy) is 4. The van der Waals surface area contributed by atoms with E-state index in [1.54, 1.807) is 0 Å². The molecule has 1 N–H and O–H groups in total. The quantitative estimate of drug-likeness (QED) is 0.734. The predicted molar refractivity (Wildman–Crippen MR) is 93.1 cm³/mol. The summed E-state index contributed by atoms with van der Waals surface area (Å²) in [6.07, 6.45) is -3.19. The second kappa shape index (κ2) is 9.16. The molecule has 152 valence electrons. The van der Waals surface area contributed by atoms with Crippen LogP contribution in [0.2, 0.25) is 0 Å². The van der Waals surface area contributed by atoms with E-state index >= 15 is 0 Å². The van der Waals surface area contributed by atoms with Crippen molar-refractivity contribution in [3.05, 3.63) is 41.6 Å². The Hall–Kier alpha value is -3.17. The molecular weight excluding hydrogens is 381 g/mol. The van der Waals surface area contributed by atoms with Crippen LogP contribution in [-0.4, -0.2) is 45.0 Å². The molecule has 1 aromatic heterocycles. The molecule has 10 heteroatoms. The summed E-state index contributed by atoms with van der Waals surface area (Å²) >= 11 is 0. The van der Waals surface area contributed by atoms with Gasteiger partial charge in [0.2, 0.25) is 11.6 Å². The molecule has 0 atom stereocenters. The summed E-state index contributed by atoms with van der Waals surface area (Å²) in [6, 6.07) is 5.96. The summed E-state index contributed by atoms with van der Waals surface area (Å²) < 4.78 is 57.4. The largest absolute Gasteiger partial charge is 0.493 e. The second-order valence-electron chi connectivity index (χ2n) is 5.47. The molecule has 28 heavy (non-hydrogen) atoms. The van der Waals surface area contributed by atoms with Gasteiger partial charge in [-0.2, -0.15) is 13.2 Å². The van der Waals surface area contributed by atoms with E-state index in [1.807, 2.05) is 0 Å². The first-order valence-electron chi connectivity index (χ1n) is 8.00. The summed E-state index contributed by atoms with van der Waals surface area (Å²) in [7, 11) is 4.27. The number of carbonyl (C=O) groups excluding carboxylic acids is 1. The third-order valence-electron chi connectivity index (χ3n) is 3.59. The van der Waals surface area contributed by atoms with Crippen LogP contribution in [-0.2, 0) is 6.54 Å². The summed E-state index contributed by atoms with van der Waals surface area (Å²) in [4.78, 5) is 16.3. The summed E-state index contributed by atoms with van der Waals surface area (Å²) in [5, 5.41) is 2.60. The average molecular weight is 400 g/mol. The minimum Gasteiger partial charge on any atom is -0.493 e. The van der Waals surface area contributed by atoms with Gasteiger partial charge in [0, 0.05) is 23.9 Å². The number of pyridine rings is 1. The second-order valence-corrected chi connectivity index (χ2v) is 5.47. The van der Waals surface area contributed by atoms with Crippen LogP contribution in [0.4, 0.5) is 13.2 Å². The SMILES string of the molecule is COc1cc(C(=O)NCc2cccnc2OCC(F)(F)F)cc(OC)c1OC. The van der Waals surface area contributed by atoms with Gasteiger partial charge in [-0.1, -0.05) is 6.07 Å². The number of halogens is 3. The molecule has 0 aliphatic carbocycles. The molecule has 0 radical (unpaired) electrons. The third-order valence-corrected chi connectivity index (χ3v) is 3.59. The van der Waals surface area contributed by atoms with Gasteiger partial charge >= 0.3 is 6.18 Å². The lowest BCUT2D eigenvalue weighted by atomic mass is 10.1. The van der Waals surface area contributed by atoms with Gasteiger partial charge in [0.15, 0.2) is 18.1 Å². The van der Waals surface area contributed by atoms with Crippen LogP contribution in [0.25, 0.3) is 0 Å². The van der Waals surface area contributed by atoms with Crippen LogP contribution in [0.15, 0.2) is 30.5 Å². The van der Waals surface area contributed by atoms with Crippen molar-refractivity contribution in [2.75, 3.05) is 27.9 Å². The van der Waals surface area contributed by atoms with Crippen molar-refractivity contribution in [2.24, 2.45) is 0 Å². The van der Waals surface area contributed by atoms with Gasteiger partial charge in [0.05, 0.1) is 21.3 Å². The fourth-order valence-electron chi connectivity index (χ4n) is 2.33. The molecule has 0 saturated carbocycles. The van der Waals surface area contributed by atoms with E-state index in [9.17, 15) is 18.0 Å². The van der Waals surface area contributed by atoms with E-state index in [0.29, 0.717) is 22.8 Å². The van der Waals surface area contributed by atoms with Crippen molar-refractivity contribution in [2.45, 2.75) is 12.7 Å². The van der Waals surface area contributed by atoms with E-state index in [-0.39, 0.29) is 18.0 Å². The van der Waals surface area contributed by atoms with Gasteiger partial charge in [-0.3, -0.25) is 4.79 Å². The van der Waals surface area contributed by atoms with E-state index in [0.717, 1.165) is 0 Å². The van der Waals surface area contributed by atoms with E-state index in [2.05, 4.69) is 10.3 Å². The summed E-state index contributed by atoms with van der Waals surface area (Å²) in [5.41, 5.74) is 0.517. The fourth-order valence-corrected chi connectivity index (χ4v) is 2.33. The Morgan fingerprint density at radius 3 is 2.29 bits per heavy atom. The van der Waals surface area contributed by atoms with Crippen LogP contribution < -0.4 is 24.3 Å². The number of nitrogens with zero attached hydrogens (tertiary/aromatic N) is 1. The Bertz CT molecular complexity index is 802. The van der Waals surface area contributed by atoms with Crippen molar-refractivity contribution in [3.63, 3.8) is 0 Å². The number of benzene rings is 1. The van der Waals surface area contributed by atoms with Crippen LogP contribution in [0, 0.1) is 0 Å². The monoisotopic (exact) mass is 400 g/mol. The number of hydrogen-bond donors (Lipinski definition) is 1. The lowest BCUT2D eigenvalue weighted by Crippen LogP contribution is -2.24. The molecular formula is C18H19F3N2O5. The third kappa shape index (κ3) is 5.41. The predicted octanol–water partition coefficient (Wildman–Crippen LogP) is 2.98. The number of rotatable bonds is 8. The van der Waals surface area contributed by atoms with Gasteiger partial charge in [-0.05, 0) is 18.2 Å². The first-order valence-corrected chi connectivity index (χ1v) is 8.00. The summed E-state index contributed by atoms with van der Waals surface area (Å²) in [6.45, 7) is -1.56. The normalized spacial score (nSPS) is 10.9. The molecule has 0 aliphatic rings. The zero-order valence-corrected chi connectivity index (χ0v) is 15.4. The fraction of sp³-hybridized carbons (Fsp3) is 0.333. The molecule has 0 saturated heterocycles. The summed E-state index contributed by atoms with van der Waals surface area (Å²) in [5.74, 6) is 0.219. The van der Waals surface area contributed by atoms with E-state index in [1.165, 1.54) is 51.8 Å². The molecule has 2 rings (SSSR count). The minimum absolute atomic E-state index is 0.0868. The van der Waals surface area contributed by atoms with Gasteiger partial charge < -0.3 is 24.3 Å². The Labute approximate surface area is 159 Å². The molecule has 2 aromatic rings. The van der Waals surface area contributed by atoms with E-state index < -0.39 is 18.7 Å². The standard InChI is InChI=1S/C18H19F3N2O5/c1-25-13-7-12(8-14(26-2)15(13)27-3)16(24)23-9-11-5-4-6-22-17(11)28-10-18(19,20)21/h4-8H,9-10H2,1-3H3,(H,23,24). The molecule has 1 heterocycles. The highest BCUT2D eigenvalue weighted by Crippen LogP contribution is 2.38. The van der Waals surface area contributed by atoms with Gasteiger partial charge in [-0.25, -0.2) is 4.98 Å². The number of amides is 1. The number of nitrogens with one attached hydrogen (secondary N) is 1. The first kappa shape index (κ1) is 21.1. The zero-order chi connectivity index (χ0) is 20.7. The topological polar surface area (TPSA) is 78.9 Å². The molecule has 1 aromatic carbocycles. The van der Waals surface area contributed by atoms with Crippen molar-refractivity contribution >= 4 is 5.91 Å². The van der Waals surface area contributed by atoms with Crippen LogP contribution in [0.3, 0.4) is 0 Å². The maximum absolute atomic E-state index is 12.5. The van der Waals surface area contributed by atoms with Crippen molar-refractivity contribution in [1.82, 2.24) is 10.3 Å². The highest BCUT2D eigenvalue weighted by molar-refractivity contribution is 5.95. The molecule has 0 aliphatic heterocycles. The van der Waals surface area contributed by atoms with Crippen LogP contribution in [0.5, 0.6) is 23.1 Å². The number of hydrogen-bond acceptors (Lipinski definition) is 6. The minimum atomic E-state index is -4.49. The highest BCUT2D eigenvalue weighted by atomic mass is 19.4. The Morgan fingerprint density at radius 1 is 1.11 bits per heavy atom. The number of carbonyl (C=O) groups is 1. The smallest absolute Gasteiger partial charge is 0.422 e. The molecule has 0 fully saturated rings.